The maximum atomic E-state index is 5.88. The lowest BCUT2D eigenvalue weighted by Gasteiger charge is -2.05. The predicted molar refractivity (Wildman–Crippen MR) is 78.0 cm³/mol. The minimum absolute atomic E-state index is 0.0690. The zero-order chi connectivity index (χ0) is 14.7. The molecular weight excluding hydrogens is 312 g/mol. The van der Waals surface area contributed by atoms with Crippen molar-refractivity contribution in [2.24, 2.45) is 0 Å². The molecule has 0 bridgehead atoms. The van der Waals surface area contributed by atoms with Crippen LogP contribution in [0.4, 0.5) is 0 Å². The minimum Gasteiger partial charge on any atom is -0.463 e. The van der Waals surface area contributed by atoms with Crippen LogP contribution in [0.5, 0.6) is 6.01 Å². The number of hydrogen-bond donors (Lipinski definition) is 0. The summed E-state index contributed by atoms with van der Waals surface area (Å²) in [5, 5.41) is 4.11. The van der Waals surface area contributed by atoms with Crippen molar-refractivity contribution in [3.63, 3.8) is 0 Å². The molecule has 9 heteroatoms. The van der Waals surface area contributed by atoms with Crippen molar-refractivity contribution in [2.75, 3.05) is 6.61 Å². The molecule has 0 aliphatic heterocycles. The number of rotatable bonds is 5. The molecule has 0 aliphatic carbocycles. The van der Waals surface area contributed by atoms with Crippen LogP contribution in [0.1, 0.15) is 10.6 Å². The van der Waals surface area contributed by atoms with E-state index in [0.29, 0.717) is 12.6 Å². The van der Waals surface area contributed by atoms with Gasteiger partial charge in [0.1, 0.15) is 0 Å². The second-order valence-electron chi connectivity index (χ2n) is 4.10. The Kier molecular flexibility index (Phi) is 4.07. The summed E-state index contributed by atoms with van der Waals surface area (Å²) in [4.78, 5) is 17.5. The molecular formula is C12H11ClN6OS. The summed E-state index contributed by atoms with van der Waals surface area (Å²) in [7, 11) is 0. The van der Waals surface area contributed by atoms with E-state index in [9.17, 15) is 0 Å². The average Bonchev–Trinajstić information content (AvgIpc) is 3.10. The smallest absolute Gasteiger partial charge is 0.322 e. The van der Waals surface area contributed by atoms with Crippen molar-refractivity contribution in [1.29, 1.82) is 0 Å². The van der Waals surface area contributed by atoms with Crippen LogP contribution in [0.25, 0.3) is 5.95 Å². The Morgan fingerprint density at radius 3 is 2.95 bits per heavy atom. The van der Waals surface area contributed by atoms with E-state index in [1.165, 1.54) is 9.56 Å². The number of hydrogen-bond acceptors (Lipinski definition) is 7. The molecule has 0 fully saturated rings. The number of aromatic nitrogens is 6. The van der Waals surface area contributed by atoms with Gasteiger partial charge in [0.05, 0.1) is 17.8 Å². The Morgan fingerprint density at radius 2 is 2.24 bits per heavy atom. The molecule has 0 radical (unpaired) electrons. The van der Waals surface area contributed by atoms with Crippen LogP contribution in [0.3, 0.4) is 0 Å². The van der Waals surface area contributed by atoms with Gasteiger partial charge in [-0.15, -0.1) is 11.3 Å². The van der Waals surface area contributed by atoms with E-state index >= 15 is 0 Å². The lowest BCUT2D eigenvalue weighted by Crippen LogP contribution is -2.09. The van der Waals surface area contributed by atoms with Gasteiger partial charge in [0.15, 0.2) is 0 Å². The van der Waals surface area contributed by atoms with Gasteiger partial charge in [0.25, 0.3) is 5.95 Å². The highest BCUT2D eigenvalue weighted by Crippen LogP contribution is 2.14. The van der Waals surface area contributed by atoms with Crippen LogP contribution < -0.4 is 4.74 Å². The first-order chi connectivity index (χ1) is 10.2. The number of thiazole rings is 1. The maximum Gasteiger partial charge on any atom is 0.322 e. The molecule has 0 unspecified atom stereocenters. The molecule has 0 atom stereocenters. The predicted octanol–water partition coefficient (Wildman–Crippen LogP) is 2.10. The minimum atomic E-state index is 0.0690. The third-order valence-corrected chi connectivity index (χ3v) is 3.85. The summed E-state index contributed by atoms with van der Waals surface area (Å²) in [6, 6.07) is 1.95. The number of ether oxygens (including phenoxy) is 1. The molecule has 0 aliphatic rings. The molecule has 21 heavy (non-hydrogen) atoms. The van der Waals surface area contributed by atoms with Crippen LogP contribution in [0.2, 0.25) is 5.28 Å². The molecule has 3 rings (SSSR count). The first kappa shape index (κ1) is 13.9. The maximum absolute atomic E-state index is 5.88. The fourth-order valence-electron chi connectivity index (χ4n) is 1.68. The van der Waals surface area contributed by atoms with Gasteiger partial charge in [0.2, 0.25) is 5.28 Å². The quantitative estimate of drug-likeness (QED) is 0.715. The molecule has 7 nitrogen and oxygen atoms in total. The number of nitrogens with zero attached hydrogens (tertiary/aromatic N) is 6. The fraction of sp³-hybridized carbons (Fsp3) is 0.250. The van der Waals surface area contributed by atoms with Gasteiger partial charge in [-0.2, -0.15) is 20.1 Å². The van der Waals surface area contributed by atoms with Crippen LogP contribution in [0.15, 0.2) is 24.0 Å². The van der Waals surface area contributed by atoms with E-state index in [1.807, 2.05) is 12.4 Å². The van der Waals surface area contributed by atoms with E-state index in [2.05, 4.69) is 25.0 Å². The van der Waals surface area contributed by atoms with E-state index in [4.69, 9.17) is 16.3 Å². The van der Waals surface area contributed by atoms with Gasteiger partial charge in [-0.05, 0) is 24.6 Å². The van der Waals surface area contributed by atoms with Crippen LogP contribution in [0, 0.1) is 6.92 Å². The van der Waals surface area contributed by atoms with Crippen LogP contribution in [-0.2, 0) is 6.42 Å². The SMILES string of the molecule is Cc1ncsc1CCOc1nc(Cl)nc(-n2cccn2)n1. The van der Waals surface area contributed by atoms with Crippen molar-refractivity contribution in [3.8, 4) is 12.0 Å². The Bertz CT molecular complexity index is 729. The second-order valence-corrected chi connectivity index (χ2v) is 5.37. The molecule has 0 amide bonds. The molecule has 0 saturated heterocycles. The third-order valence-electron chi connectivity index (χ3n) is 2.69. The van der Waals surface area contributed by atoms with Gasteiger partial charge in [0, 0.05) is 23.7 Å². The monoisotopic (exact) mass is 322 g/mol. The van der Waals surface area contributed by atoms with Gasteiger partial charge in [-0.3, -0.25) is 0 Å². The largest absolute Gasteiger partial charge is 0.463 e. The molecule has 3 aromatic heterocycles. The molecule has 0 spiro atoms. The van der Waals surface area contributed by atoms with Crippen molar-refractivity contribution >= 4 is 22.9 Å². The Labute approximate surface area is 129 Å². The van der Waals surface area contributed by atoms with Gasteiger partial charge < -0.3 is 4.74 Å². The lowest BCUT2D eigenvalue weighted by atomic mass is 10.3. The van der Waals surface area contributed by atoms with Gasteiger partial charge in [-0.1, -0.05) is 0 Å². The first-order valence-corrected chi connectivity index (χ1v) is 7.41. The lowest BCUT2D eigenvalue weighted by molar-refractivity contribution is 0.295. The topological polar surface area (TPSA) is 78.6 Å². The first-order valence-electron chi connectivity index (χ1n) is 6.16. The molecule has 0 N–H and O–H groups in total. The number of halogens is 1. The summed E-state index contributed by atoms with van der Waals surface area (Å²) in [5.41, 5.74) is 2.84. The highest BCUT2D eigenvalue weighted by atomic mass is 35.5. The van der Waals surface area contributed by atoms with Crippen molar-refractivity contribution in [3.05, 3.63) is 39.8 Å². The summed E-state index contributed by atoms with van der Waals surface area (Å²) in [6.45, 7) is 2.42. The normalized spacial score (nSPS) is 10.8. The number of aryl methyl sites for hydroxylation is 1. The van der Waals surface area contributed by atoms with Crippen LogP contribution >= 0.6 is 22.9 Å². The summed E-state index contributed by atoms with van der Waals surface area (Å²) < 4.78 is 7.04. The summed E-state index contributed by atoms with van der Waals surface area (Å²) >= 11 is 7.48. The van der Waals surface area contributed by atoms with Crippen molar-refractivity contribution in [1.82, 2.24) is 29.7 Å². The van der Waals surface area contributed by atoms with Crippen molar-refractivity contribution < 1.29 is 4.74 Å². The van der Waals surface area contributed by atoms with Gasteiger partial charge in [-0.25, -0.2) is 9.67 Å². The van der Waals surface area contributed by atoms with Gasteiger partial charge >= 0.3 is 6.01 Å². The molecule has 3 heterocycles. The highest BCUT2D eigenvalue weighted by molar-refractivity contribution is 7.09. The highest BCUT2D eigenvalue weighted by Gasteiger charge is 2.09. The summed E-state index contributed by atoms with van der Waals surface area (Å²) in [5.74, 6) is 0.323. The molecule has 108 valence electrons. The fourth-order valence-corrected chi connectivity index (χ4v) is 2.59. The van der Waals surface area contributed by atoms with E-state index < -0.39 is 0 Å². The van der Waals surface area contributed by atoms with E-state index in [-0.39, 0.29) is 11.3 Å². The van der Waals surface area contributed by atoms with Crippen LogP contribution in [-0.4, -0.2) is 36.3 Å². The Hall–Kier alpha value is -2.06. The Morgan fingerprint density at radius 1 is 1.33 bits per heavy atom. The average molecular weight is 323 g/mol. The Balaban J connectivity index is 1.69. The van der Waals surface area contributed by atoms with E-state index in [0.717, 1.165) is 12.1 Å². The second kappa shape index (κ2) is 6.15. The molecule has 0 aromatic carbocycles. The van der Waals surface area contributed by atoms with E-state index in [1.54, 1.807) is 29.8 Å². The zero-order valence-corrected chi connectivity index (χ0v) is 12.7. The zero-order valence-electron chi connectivity index (χ0n) is 11.1. The van der Waals surface area contributed by atoms with Crippen molar-refractivity contribution in [2.45, 2.75) is 13.3 Å². The molecule has 0 saturated carbocycles. The standard InChI is InChI=1S/C12H11ClN6OS/c1-8-9(21-7-14-8)3-6-20-12-17-10(13)16-11(18-12)19-5-2-4-15-19/h2,4-5,7H,3,6H2,1H3. The summed E-state index contributed by atoms with van der Waals surface area (Å²) in [6.07, 6.45) is 4.10. The third kappa shape index (κ3) is 3.34. The molecule has 3 aromatic rings.